The Labute approximate surface area is 300 Å². The fourth-order valence-corrected chi connectivity index (χ4v) is 8.33. The average Bonchev–Trinajstić information content (AvgIpc) is 3.51. The van der Waals surface area contributed by atoms with E-state index in [9.17, 15) is 19.5 Å². The molecule has 0 unspecified atom stereocenters. The molecule has 2 atom stereocenters. The van der Waals surface area contributed by atoms with E-state index in [2.05, 4.69) is 20.4 Å². The number of carboxylic acid groups (broad SMARTS) is 1. The van der Waals surface area contributed by atoms with Crippen molar-refractivity contribution in [3.05, 3.63) is 80.1 Å². The van der Waals surface area contributed by atoms with Gasteiger partial charge in [-0.3, -0.25) is 19.5 Å². The number of amidine groups is 1. The number of aliphatic carboxylic acids is 1. The molecule has 5 N–H and O–H groups in total. The first-order chi connectivity index (χ1) is 23.9. The number of amides is 2. The maximum absolute atomic E-state index is 15.3. The monoisotopic (exact) mass is 760 g/mol. The minimum absolute atomic E-state index is 0.0131. The zero-order valence-electron chi connectivity index (χ0n) is 26.0. The zero-order chi connectivity index (χ0) is 35.4. The molecule has 0 bridgehead atoms. The third-order valence-electron chi connectivity index (χ3n) is 8.33. The lowest BCUT2D eigenvalue weighted by molar-refractivity contribution is -0.662. The number of halogens is 3. The Morgan fingerprint density at radius 2 is 2.06 bits per heavy atom. The van der Waals surface area contributed by atoms with E-state index in [4.69, 9.17) is 39.5 Å². The van der Waals surface area contributed by atoms with Gasteiger partial charge in [0.2, 0.25) is 0 Å². The minimum Gasteiger partial charge on any atom is -0.543 e. The molecule has 1 aliphatic carbocycles. The summed E-state index contributed by atoms with van der Waals surface area (Å²) in [5.41, 5.74) is 13.0. The fraction of sp³-hybridized carbons (Fsp3) is 0.300. The first kappa shape index (κ1) is 33.8. The lowest BCUT2D eigenvalue weighted by Crippen LogP contribution is -2.71. The lowest BCUT2D eigenvalue weighted by atomic mass is 10.0. The molecule has 3 aliphatic rings. The Balaban J connectivity index is 1.08. The fourth-order valence-electron chi connectivity index (χ4n) is 5.80. The van der Waals surface area contributed by atoms with Crippen LogP contribution >= 0.6 is 46.3 Å². The van der Waals surface area contributed by atoms with Crippen LogP contribution in [-0.4, -0.2) is 78.7 Å². The van der Waals surface area contributed by atoms with Crippen molar-refractivity contribution in [2.75, 3.05) is 18.6 Å². The number of benzene rings is 1. The summed E-state index contributed by atoms with van der Waals surface area (Å²) in [5.74, 6) is -3.02. The highest BCUT2D eigenvalue weighted by molar-refractivity contribution is 8.00. The number of nitrogens with zero attached hydrogens (tertiary/aromatic N) is 7. The number of thioether (sulfide) groups is 1. The Kier molecular flexibility index (Phi) is 8.96. The van der Waals surface area contributed by atoms with Crippen molar-refractivity contribution in [1.29, 1.82) is 0 Å². The van der Waals surface area contributed by atoms with E-state index in [1.54, 1.807) is 44.5 Å². The number of rotatable bonds is 11. The number of aliphatic imine (C=N–C) groups is 1. The maximum Gasteiger partial charge on any atom is 0.307 e. The number of carboxylic acids is 1. The lowest BCUT2D eigenvalue weighted by Gasteiger charge is -2.50. The van der Waals surface area contributed by atoms with E-state index in [0.717, 1.165) is 29.1 Å². The molecule has 7 rings (SSSR count). The van der Waals surface area contributed by atoms with Crippen molar-refractivity contribution in [2.45, 2.75) is 43.4 Å². The molecule has 2 aliphatic heterocycles. The zero-order valence-corrected chi connectivity index (χ0v) is 29.2. The number of hydrogen-bond acceptors (Lipinski definition) is 11. The van der Waals surface area contributed by atoms with Crippen LogP contribution in [0.2, 0.25) is 9.36 Å². The number of thiazole rings is 1. The van der Waals surface area contributed by atoms with Gasteiger partial charge in [-0.1, -0.05) is 39.7 Å². The van der Waals surface area contributed by atoms with Crippen LogP contribution in [0.3, 0.4) is 0 Å². The minimum atomic E-state index is -1.53. The number of oxime groups is 1. The van der Waals surface area contributed by atoms with Gasteiger partial charge in [-0.25, -0.2) is 18.6 Å². The highest BCUT2D eigenvalue weighted by Gasteiger charge is 2.53. The van der Waals surface area contributed by atoms with Crippen LogP contribution in [0, 0.1) is 5.82 Å². The summed E-state index contributed by atoms with van der Waals surface area (Å²) in [6.07, 6.45) is 7.17. The van der Waals surface area contributed by atoms with Gasteiger partial charge < -0.3 is 31.5 Å². The predicted octanol–water partition coefficient (Wildman–Crippen LogP) is 0.884. The molecule has 260 valence electrons. The summed E-state index contributed by atoms with van der Waals surface area (Å²) in [4.78, 5) is 53.1. The third kappa shape index (κ3) is 6.16. The molecular weight excluding hydrogens is 734 g/mol. The number of nitrogen functional groups attached to an aromatic ring is 1. The molecular formula is C30H27Cl2FN10O5S2. The second kappa shape index (κ2) is 13.2. The average molecular weight is 762 g/mol. The first-order valence-corrected chi connectivity index (χ1v) is 17.7. The Hall–Kier alpha value is -4.65. The SMILES string of the molecule is CO/N=C(\C(=O)N[C@@H]1C(=O)N2C(C(=O)[O-])=C(Cn3ccc4n3cc[n+]4Cc3c(F)cc(C(N)=NC4CC4)cc3Cl)CS[C@H]12)c1nc(N)sc1Cl. The number of aromatic nitrogens is 4. The molecule has 1 saturated heterocycles. The standard InChI is InChI=1S/C30H27Cl2FN10O5S2/c1-48-39-21(20-24(32)50-30(35)38-20)26(44)37-22-27(45)43-23(29(46)47)14(12-49-28(22)43)10-41-5-4-19-40(6-7-42(19)41)11-16-17(31)8-13(9-18(16)33)25(34)36-15-2-3-15/h4-9,15,22,28H,2-3,10-12H2,1H3,(H5-,34,35,36,37,38,44,46,47)/b39-21-/t22-,28-/m1/s1. The van der Waals surface area contributed by atoms with Gasteiger partial charge in [-0.2, -0.15) is 0 Å². The van der Waals surface area contributed by atoms with Crippen LogP contribution in [0.15, 0.2) is 58.2 Å². The normalized spacial score (nSPS) is 19.5. The van der Waals surface area contributed by atoms with Crippen LogP contribution in [0.1, 0.15) is 29.7 Å². The van der Waals surface area contributed by atoms with E-state index in [1.165, 1.54) is 24.9 Å². The van der Waals surface area contributed by atoms with Gasteiger partial charge in [-0.15, -0.1) is 16.3 Å². The summed E-state index contributed by atoms with van der Waals surface area (Å²) in [6, 6.07) is 3.84. The number of carbonyl (C=O) groups is 3. The largest absolute Gasteiger partial charge is 0.543 e. The van der Waals surface area contributed by atoms with E-state index >= 15 is 4.39 Å². The number of imidazole rings is 1. The van der Waals surface area contributed by atoms with Crippen molar-refractivity contribution in [3.63, 3.8) is 0 Å². The van der Waals surface area contributed by atoms with E-state index in [0.29, 0.717) is 16.8 Å². The van der Waals surface area contributed by atoms with Gasteiger partial charge in [-0.05, 0) is 30.5 Å². The first-order valence-electron chi connectivity index (χ1n) is 15.0. The summed E-state index contributed by atoms with van der Waals surface area (Å²) in [5, 5.41) is 18.3. The molecule has 1 aromatic carbocycles. The number of hydrogen-bond donors (Lipinski definition) is 3. The van der Waals surface area contributed by atoms with Gasteiger partial charge >= 0.3 is 5.65 Å². The summed E-state index contributed by atoms with van der Waals surface area (Å²) < 4.78 is 20.7. The second-order valence-electron chi connectivity index (χ2n) is 11.6. The van der Waals surface area contributed by atoms with Crippen molar-refractivity contribution in [3.8, 4) is 0 Å². The molecule has 20 heteroatoms. The van der Waals surface area contributed by atoms with Crippen LogP contribution in [0.25, 0.3) is 5.65 Å². The Morgan fingerprint density at radius 3 is 2.72 bits per heavy atom. The van der Waals surface area contributed by atoms with E-state index < -0.39 is 35.0 Å². The topological polar surface area (TPSA) is 202 Å². The summed E-state index contributed by atoms with van der Waals surface area (Å²) in [7, 11) is 1.23. The smallest absolute Gasteiger partial charge is 0.307 e. The van der Waals surface area contributed by atoms with E-state index in [1.807, 2.05) is 0 Å². The number of nitrogens with one attached hydrogen (secondary N) is 1. The van der Waals surface area contributed by atoms with Crippen LogP contribution in [0.5, 0.6) is 0 Å². The molecule has 5 heterocycles. The van der Waals surface area contributed by atoms with Crippen molar-refractivity contribution in [1.82, 2.24) is 24.4 Å². The second-order valence-corrected chi connectivity index (χ2v) is 14.7. The highest BCUT2D eigenvalue weighted by atomic mass is 35.5. The summed E-state index contributed by atoms with van der Waals surface area (Å²) >= 11 is 14.9. The molecule has 0 radical (unpaired) electrons. The van der Waals surface area contributed by atoms with Crippen LogP contribution < -0.4 is 26.5 Å². The molecule has 0 spiro atoms. The van der Waals surface area contributed by atoms with Gasteiger partial charge in [0.15, 0.2) is 17.0 Å². The molecule has 2 fully saturated rings. The van der Waals surface area contributed by atoms with Crippen molar-refractivity contribution < 1.29 is 33.3 Å². The highest BCUT2D eigenvalue weighted by Crippen LogP contribution is 2.40. The van der Waals surface area contributed by atoms with Crippen molar-refractivity contribution >= 4 is 86.4 Å². The molecule has 50 heavy (non-hydrogen) atoms. The number of anilines is 1. The number of carbonyl (C=O) groups excluding carboxylic acids is 3. The molecule has 15 nitrogen and oxygen atoms in total. The van der Waals surface area contributed by atoms with Gasteiger partial charge in [0.1, 0.15) is 53.0 Å². The third-order valence-corrected chi connectivity index (χ3v) is 11.1. The molecule has 3 aromatic heterocycles. The Bertz CT molecular complexity index is 2150. The van der Waals surface area contributed by atoms with Crippen LogP contribution in [-0.2, 0) is 32.3 Å². The van der Waals surface area contributed by atoms with Gasteiger partial charge in [0.25, 0.3) is 11.8 Å². The van der Waals surface area contributed by atoms with Gasteiger partial charge in [0.05, 0.1) is 41.5 Å². The molecule has 1 saturated carbocycles. The van der Waals surface area contributed by atoms with Crippen molar-refractivity contribution in [2.24, 2.45) is 15.9 Å². The van der Waals surface area contributed by atoms with E-state index in [-0.39, 0.29) is 67.9 Å². The number of β-lactam (4-membered cyclic amide) rings is 1. The summed E-state index contributed by atoms with van der Waals surface area (Å²) in [6.45, 7) is 0.212. The molecule has 2 amide bonds. The maximum atomic E-state index is 15.3. The number of nitrogens with two attached hydrogens (primary N) is 2. The quantitative estimate of drug-likeness (QED) is 0.0653. The van der Waals surface area contributed by atoms with Gasteiger partial charge in [0, 0.05) is 16.9 Å². The molecule has 4 aromatic rings. The Morgan fingerprint density at radius 1 is 1.28 bits per heavy atom. The van der Waals surface area contributed by atoms with Crippen LogP contribution in [0.4, 0.5) is 9.52 Å². The number of fused-ring (bicyclic) bond motifs is 2. The predicted molar refractivity (Wildman–Crippen MR) is 182 cm³/mol.